The molecular formula is C12H13F2N. The van der Waals surface area contributed by atoms with Gasteiger partial charge in [0.1, 0.15) is 0 Å². The average Bonchev–Trinajstić information content (AvgIpc) is 2.59. The first-order valence-corrected chi connectivity index (χ1v) is 5.05. The predicted molar refractivity (Wildman–Crippen MR) is 55.4 cm³/mol. The number of benzene rings is 1. The van der Waals surface area contributed by atoms with E-state index >= 15 is 0 Å². The Morgan fingerprint density at radius 2 is 2.13 bits per heavy atom. The summed E-state index contributed by atoms with van der Waals surface area (Å²) in [6, 6.07) is 4.36. The SMILES string of the molecule is NC1C=C(Cc2cccc(F)c2F)CC1. The van der Waals surface area contributed by atoms with E-state index in [-0.39, 0.29) is 6.04 Å². The summed E-state index contributed by atoms with van der Waals surface area (Å²) < 4.78 is 26.2. The molecule has 0 aromatic heterocycles. The molecule has 0 saturated carbocycles. The van der Waals surface area contributed by atoms with Gasteiger partial charge in [-0.1, -0.05) is 23.8 Å². The molecule has 1 aromatic rings. The number of nitrogens with two attached hydrogens (primary N) is 1. The van der Waals surface area contributed by atoms with E-state index in [9.17, 15) is 8.78 Å². The average molecular weight is 209 g/mol. The van der Waals surface area contributed by atoms with Crippen molar-refractivity contribution >= 4 is 0 Å². The lowest BCUT2D eigenvalue weighted by atomic mass is 10.0. The molecule has 80 valence electrons. The second-order valence-electron chi connectivity index (χ2n) is 3.92. The van der Waals surface area contributed by atoms with Crippen LogP contribution in [0.1, 0.15) is 18.4 Å². The Hall–Kier alpha value is -1.22. The number of allylic oxidation sites excluding steroid dienone is 1. The van der Waals surface area contributed by atoms with Crippen molar-refractivity contribution in [3.8, 4) is 0 Å². The third kappa shape index (κ3) is 2.23. The van der Waals surface area contributed by atoms with Gasteiger partial charge in [0.05, 0.1) is 0 Å². The van der Waals surface area contributed by atoms with E-state index in [1.54, 1.807) is 6.07 Å². The maximum atomic E-state index is 13.3. The van der Waals surface area contributed by atoms with Gasteiger partial charge in [0.15, 0.2) is 11.6 Å². The number of hydrogen-bond donors (Lipinski definition) is 1. The molecular weight excluding hydrogens is 196 g/mol. The molecule has 0 heterocycles. The lowest BCUT2D eigenvalue weighted by Gasteiger charge is -2.04. The molecule has 0 spiro atoms. The molecule has 1 aromatic carbocycles. The third-order valence-corrected chi connectivity index (χ3v) is 2.70. The minimum Gasteiger partial charge on any atom is -0.324 e. The molecule has 15 heavy (non-hydrogen) atoms. The Morgan fingerprint density at radius 3 is 2.80 bits per heavy atom. The lowest BCUT2D eigenvalue weighted by molar-refractivity contribution is 0.500. The summed E-state index contributed by atoms with van der Waals surface area (Å²) in [5.41, 5.74) is 7.22. The van der Waals surface area contributed by atoms with E-state index in [1.807, 2.05) is 6.08 Å². The van der Waals surface area contributed by atoms with Gasteiger partial charge in [-0.2, -0.15) is 0 Å². The zero-order valence-corrected chi connectivity index (χ0v) is 8.34. The van der Waals surface area contributed by atoms with Crippen LogP contribution in [0.15, 0.2) is 29.8 Å². The van der Waals surface area contributed by atoms with E-state index < -0.39 is 11.6 Å². The van der Waals surface area contributed by atoms with Crippen LogP contribution in [0.3, 0.4) is 0 Å². The minimum absolute atomic E-state index is 0.0802. The second-order valence-corrected chi connectivity index (χ2v) is 3.92. The highest BCUT2D eigenvalue weighted by Crippen LogP contribution is 2.23. The lowest BCUT2D eigenvalue weighted by Crippen LogP contribution is -2.11. The van der Waals surface area contributed by atoms with Gasteiger partial charge in [-0.3, -0.25) is 0 Å². The molecule has 0 radical (unpaired) electrons. The van der Waals surface area contributed by atoms with Crippen molar-refractivity contribution < 1.29 is 8.78 Å². The number of hydrogen-bond acceptors (Lipinski definition) is 1. The van der Waals surface area contributed by atoms with Gasteiger partial charge in [-0.25, -0.2) is 8.78 Å². The maximum Gasteiger partial charge on any atom is 0.162 e. The molecule has 0 amide bonds. The van der Waals surface area contributed by atoms with Crippen LogP contribution < -0.4 is 5.73 Å². The van der Waals surface area contributed by atoms with E-state index in [1.165, 1.54) is 6.07 Å². The molecule has 0 bridgehead atoms. The monoisotopic (exact) mass is 209 g/mol. The van der Waals surface area contributed by atoms with Gasteiger partial charge in [0, 0.05) is 6.04 Å². The molecule has 2 rings (SSSR count). The molecule has 1 aliphatic carbocycles. The zero-order valence-electron chi connectivity index (χ0n) is 8.34. The van der Waals surface area contributed by atoms with Crippen molar-refractivity contribution in [2.75, 3.05) is 0 Å². The third-order valence-electron chi connectivity index (χ3n) is 2.70. The molecule has 1 nitrogen and oxygen atoms in total. The zero-order chi connectivity index (χ0) is 10.8. The Balaban J connectivity index is 2.18. The topological polar surface area (TPSA) is 26.0 Å². The molecule has 0 aliphatic heterocycles. The quantitative estimate of drug-likeness (QED) is 0.744. The molecule has 0 saturated heterocycles. The highest BCUT2D eigenvalue weighted by Gasteiger charge is 2.14. The fourth-order valence-electron chi connectivity index (χ4n) is 1.90. The smallest absolute Gasteiger partial charge is 0.162 e. The Labute approximate surface area is 87.6 Å². The van der Waals surface area contributed by atoms with Crippen LogP contribution in [-0.2, 0) is 6.42 Å². The molecule has 3 heteroatoms. The van der Waals surface area contributed by atoms with Crippen LogP contribution in [0.5, 0.6) is 0 Å². The van der Waals surface area contributed by atoms with Crippen molar-refractivity contribution in [1.29, 1.82) is 0 Å². The summed E-state index contributed by atoms with van der Waals surface area (Å²) in [4.78, 5) is 0. The van der Waals surface area contributed by atoms with Crippen LogP contribution in [-0.4, -0.2) is 6.04 Å². The fourth-order valence-corrected chi connectivity index (χ4v) is 1.90. The highest BCUT2D eigenvalue weighted by molar-refractivity contribution is 5.27. The summed E-state index contributed by atoms with van der Waals surface area (Å²) in [7, 11) is 0. The Kier molecular flexibility index (Phi) is 2.82. The van der Waals surface area contributed by atoms with E-state index in [0.29, 0.717) is 12.0 Å². The van der Waals surface area contributed by atoms with E-state index in [4.69, 9.17) is 5.73 Å². The van der Waals surface area contributed by atoms with Gasteiger partial charge in [0.25, 0.3) is 0 Å². The molecule has 2 N–H and O–H groups in total. The summed E-state index contributed by atoms with van der Waals surface area (Å²) in [6.45, 7) is 0. The fraction of sp³-hybridized carbons (Fsp3) is 0.333. The maximum absolute atomic E-state index is 13.3. The van der Waals surface area contributed by atoms with Gasteiger partial charge < -0.3 is 5.73 Å². The largest absolute Gasteiger partial charge is 0.324 e. The minimum atomic E-state index is -0.782. The first-order valence-electron chi connectivity index (χ1n) is 5.05. The summed E-state index contributed by atoms with van der Waals surface area (Å²) >= 11 is 0. The first-order chi connectivity index (χ1) is 7.16. The van der Waals surface area contributed by atoms with Crippen LogP contribution in [0.4, 0.5) is 8.78 Å². The summed E-state index contributed by atoms with van der Waals surface area (Å²) in [5, 5.41) is 0. The number of rotatable bonds is 2. The van der Waals surface area contributed by atoms with Crippen molar-refractivity contribution in [1.82, 2.24) is 0 Å². The second kappa shape index (κ2) is 4.11. The molecule has 1 unspecified atom stereocenters. The van der Waals surface area contributed by atoms with Gasteiger partial charge in [0.2, 0.25) is 0 Å². The van der Waals surface area contributed by atoms with Gasteiger partial charge in [-0.15, -0.1) is 0 Å². The molecule has 0 fully saturated rings. The summed E-state index contributed by atoms with van der Waals surface area (Å²) in [5.74, 6) is -1.52. The molecule has 1 atom stereocenters. The van der Waals surface area contributed by atoms with Crippen molar-refractivity contribution in [3.63, 3.8) is 0 Å². The predicted octanol–water partition coefficient (Wildman–Crippen LogP) is 2.55. The Bertz CT molecular complexity index is 399. The van der Waals surface area contributed by atoms with Crippen LogP contribution >= 0.6 is 0 Å². The number of halogens is 2. The molecule has 1 aliphatic rings. The normalized spacial score (nSPS) is 20.5. The van der Waals surface area contributed by atoms with Crippen molar-refractivity contribution in [2.24, 2.45) is 5.73 Å². The van der Waals surface area contributed by atoms with Gasteiger partial charge in [-0.05, 0) is 30.9 Å². The van der Waals surface area contributed by atoms with E-state index in [2.05, 4.69) is 0 Å². The highest BCUT2D eigenvalue weighted by atomic mass is 19.2. The van der Waals surface area contributed by atoms with Crippen molar-refractivity contribution in [3.05, 3.63) is 47.0 Å². The Morgan fingerprint density at radius 1 is 1.33 bits per heavy atom. The van der Waals surface area contributed by atoms with E-state index in [0.717, 1.165) is 24.5 Å². The van der Waals surface area contributed by atoms with Crippen LogP contribution in [0.2, 0.25) is 0 Å². The summed E-state index contributed by atoms with van der Waals surface area (Å²) in [6.07, 6.45) is 4.21. The van der Waals surface area contributed by atoms with Crippen molar-refractivity contribution in [2.45, 2.75) is 25.3 Å². The van der Waals surface area contributed by atoms with Crippen LogP contribution in [0, 0.1) is 11.6 Å². The first kappa shape index (κ1) is 10.3. The van der Waals surface area contributed by atoms with Crippen LogP contribution in [0.25, 0.3) is 0 Å². The standard InChI is InChI=1S/C12H13F2N/c13-11-3-1-2-9(12(11)14)6-8-4-5-10(15)7-8/h1-3,7,10H,4-6,15H2. The van der Waals surface area contributed by atoms with Gasteiger partial charge >= 0.3 is 0 Å².